The lowest BCUT2D eigenvalue weighted by Crippen LogP contribution is -2.11. The smallest absolute Gasteiger partial charge is 0.355 e. The molecule has 3 rings (SSSR count). The third-order valence-corrected chi connectivity index (χ3v) is 5.07. The molecular formula is C26H33N3O4S. The van der Waals surface area contributed by atoms with Gasteiger partial charge in [-0.1, -0.05) is 70.2 Å². The summed E-state index contributed by atoms with van der Waals surface area (Å²) in [6.45, 7) is 9.96. The summed E-state index contributed by atoms with van der Waals surface area (Å²) < 4.78 is 32.6. The Morgan fingerprint density at radius 3 is 2.12 bits per heavy atom. The molecule has 1 aromatic heterocycles. The van der Waals surface area contributed by atoms with E-state index in [0.717, 1.165) is 11.8 Å². The van der Waals surface area contributed by atoms with Crippen LogP contribution < -0.4 is 4.72 Å². The molecule has 0 unspecified atom stereocenters. The summed E-state index contributed by atoms with van der Waals surface area (Å²) in [7, 11) is -1.73. The zero-order valence-electron chi connectivity index (χ0n) is 20.8. The first-order chi connectivity index (χ1) is 16.2. The van der Waals surface area contributed by atoms with Gasteiger partial charge in [0.1, 0.15) is 11.8 Å². The van der Waals surface area contributed by atoms with Gasteiger partial charge in [-0.05, 0) is 24.1 Å². The van der Waals surface area contributed by atoms with Gasteiger partial charge >= 0.3 is 5.97 Å². The number of ether oxygens (including phenoxy) is 1. The quantitative estimate of drug-likeness (QED) is 0.444. The second-order valence-electron chi connectivity index (χ2n) is 6.71. The first kappa shape index (κ1) is 28.5. The number of sulfonamides is 1. The molecule has 0 aliphatic rings. The van der Waals surface area contributed by atoms with Gasteiger partial charge in [0.15, 0.2) is 0 Å². The number of benzene rings is 2. The largest absolute Gasteiger partial charge is 0.461 e. The molecule has 1 N–H and O–H groups in total. The number of esters is 1. The number of rotatable bonds is 6. The van der Waals surface area contributed by atoms with Crippen LogP contribution >= 0.6 is 0 Å². The number of aromatic nitrogens is 1. The summed E-state index contributed by atoms with van der Waals surface area (Å²) in [4.78, 5) is 12.4. The topological polar surface area (TPSA) is 101 Å². The van der Waals surface area contributed by atoms with Gasteiger partial charge < -0.3 is 9.30 Å². The first-order valence-corrected chi connectivity index (χ1v) is 13.1. The third kappa shape index (κ3) is 6.96. The molecule has 0 aliphatic carbocycles. The van der Waals surface area contributed by atoms with Gasteiger partial charge in [0.2, 0.25) is 10.0 Å². The minimum atomic E-state index is -3.43. The summed E-state index contributed by atoms with van der Waals surface area (Å²) in [6.07, 6.45) is 2.70. The lowest BCUT2D eigenvalue weighted by molar-refractivity contribution is 0.0516. The molecule has 0 saturated heterocycles. The number of carbonyl (C=O) groups is 1. The molecule has 2 aromatic carbocycles. The molecule has 0 spiro atoms. The summed E-state index contributed by atoms with van der Waals surface area (Å²) in [5.41, 5.74) is 3.84. The molecule has 0 aliphatic heterocycles. The average molecular weight is 484 g/mol. The number of aryl methyl sites for hydroxylation is 1. The van der Waals surface area contributed by atoms with Crippen LogP contribution in [0.3, 0.4) is 0 Å². The Morgan fingerprint density at radius 2 is 1.59 bits per heavy atom. The third-order valence-electron chi connectivity index (χ3n) is 4.48. The van der Waals surface area contributed by atoms with E-state index in [0.29, 0.717) is 33.6 Å². The van der Waals surface area contributed by atoms with Crippen molar-refractivity contribution in [3.63, 3.8) is 0 Å². The van der Waals surface area contributed by atoms with Gasteiger partial charge in [0, 0.05) is 24.4 Å². The normalized spacial score (nSPS) is 10.1. The van der Waals surface area contributed by atoms with Gasteiger partial charge in [0.05, 0.1) is 24.1 Å². The fourth-order valence-electron chi connectivity index (χ4n) is 3.29. The maximum atomic E-state index is 12.4. The Labute approximate surface area is 203 Å². The van der Waals surface area contributed by atoms with Crippen molar-refractivity contribution in [1.29, 1.82) is 5.26 Å². The van der Waals surface area contributed by atoms with Gasteiger partial charge in [0.25, 0.3) is 0 Å². The number of nitrogens with zero attached hydrogens (tertiary/aromatic N) is 2. The molecule has 182 valence electrons. The van der Waals surface area contributed by atoms with E-state index < -0.39 is 16.0 Å². The van der Waals surface area contributed by atoms with Crippen molar-refractivity contribution in [2.45, 2.75) is 34.6 Å². The summed E-state index contributed by atoms with van der Waals surface area (Å²) in [6, 6.07) is 16.4. The number of nitriles is 1. The van der Waals surface area contributed by atoms with Crippen molar-refractivity contribution in [3.8, 4) is 28.3 Å². The number of nitrogens with one attached hydrogen (secondary N) is 1. The molecule has 0 bridgehead atoms. The molecule has 0 atom stereocenters. The van der Waals surface area contributed by atoms with Crippen LogP contribution in [0.4, 0.5) is 5.69 Å². The second-order valence-corrected chi connectivity index (χ2v) is 8.46. The molecule has 1 heterocycles. The highest BCUT2D eigenvalue weighted by atomic mass is 32.2. The molecule has 0 fully saturated rings. The van der Waals surface area contributed by atoms with Crippen LogP contribution in [0.15, 0.2) is 54.7 Å². The fourth-order valence-corrected chi connectivity index (χ4v) is 3.87. The molecule has 0 radical (unpaired) electrons. The van der Waals surface area contributed by atoms with E-state index in [1.165, 1.54) is 0 Å². The number of anilines is 1. The standard InChI is InChI=1S/C22H21N3O4S.2C2H6/c1-4-29-22(26)21-20(17(13-23)14-25(21)2)16-11-9-15(10-12-16)18-7-5-6-8-19(18)24-30(3,27)28;2*1-2/h5-12,14,24H,4H2,1-3H3;2*1-2H3. The lowest BCUT2D eigenvalue weighted by atomic mass is 9.97. The monoisotopic (exact) mass is 483 g/mol. The Balaban J connectivity index is 0.00000137. The number of carbonyl (C=O) groups excluding carboxylic acids is 1. The van der Waals surface area contributed by atoms with Crippen molar-refractivity contribution in [2.75, 3.05) is 17.6 Å². The maximum Gasteiger partial charge on any atom is 0.355 e. The molecular weight excluding hydrogens is 450 g/mol. The molecule has 7 nitrogen and oxygen atoms in total. The minimum absolute atomic E-state index is 0.231. The zero-order chi connectivity index (χ0) is 25.9. The Kier molecular flexibility index (Phi) is 11.1. The highest BCUT2D eigenvalue weighted by Gasteiger charge is 2.23. The summed E-state index contributed by atoms with van der Waals surface area (Å²) in [5, 5.41) is 9.53. The van der Waals surface area contributed by atoms with Crippen molar-refractivity contribution in [3.05, 3.63) is 66.0 Å². The van der Waals surface area contributed by atoms with Gasteiger partial charge in [-0.2, -0.15) is 5.26 Å². The Bertz CT molecular complexity index is 1240. The van der Waals surface area contributed by atoms with Crippen LogP contribution in [-0.2, 0) is 21.8 Å². The van der Waals surface area contributed by atoms with E-state index in [9.17, 15) is 18.5 Å². The second kappa shape index (κ2) is 13.2. The average Bonchev–Trinajstić information content (AvgIpc) is 3.17. The molecule has 3 aromatic rings. The maximum absolute atomic E-state index is 12.4. The number of hydrogen-bond acceptors (Lipinski definition) is 5. The van der Waals surface area contributed by atoms with Crippen LogP contribution in [0.1, 0.15) is 50.7 Å². The first-order valence-electron chi connectivity index (χ1n) is 11.2. The van der Waals surface area contributed by atoms with E-state index in [1.54, 1.807) is 49.0 Å². The predicted octanol–water partition coefficient (Wildman–Crippen LogP) is 5.83. The molecule has 8 heteroatoms. The highest BCUT2D eigenvalue weighted by molar-refractivity contribution is 7.92. The highest BCUT2D eigenvalue weighted by Crippen LogP contribution is 2.33. The Morgan fingerprint density at radius 1 is 1.03 bits per heavy atom. The molecule has 0 saturated carbocycles. The molecule has 34 heavy (non-hydrogen) atoms. The number of hydrogen-bond donors (Lipinski definition) is 1. The van der Waals surface area contributed by atoms with Crippen molar-refractivity contribution in [1.82, 2.24) is 4.57 Å². The van der Waals surface area contributed by atoms with Crippen molar-refractivity contribution < 1.29 is 17.9 Å². The predicted molar refractivity (Wildman–Crippen MR) is 138 cm³/mol. The van der Waals surface area contributed by atoms with Crippen LogP contribution in [0.5, 0.6) is 0 Å². The minimum Gasteiger partial charge on any atom is -0.461 e. The summed E-state index contributed by atoms with van der Waals surface area (Å²) in [5.74, 6) is -0.497. The molecule has 0 amide bonds. The number of para-hydroxylation sites is 1. The van der Waals surface area contributed by atoms with Crippen LogP contribution in [-0.4, -0.2) is 31.8 Å². The van der Waals surface area contributed by atoms with Crippen molar-refractivity contribution >= 4 is 21.7 Å². The van der Waals surface area contributed by atoms with E-state index in [1.807, 2.05) is 52.0 Å². The van der Waals surface area contributed by atoms with E-state index >= 15 is 0 Å². The zero-order valence-corrected chi connectivity index (χ0v) is 21.7. The van der Waals surface area contributed by atoms with Gasteiger partial charge in [-0.15, -0.1) is 0 Å². The van der Waals surface area contributed by atoms with Gasteiger partial charge in [-0.25, -0.2) is 13.2 Å². The van der Waals surface area contributed by atoms with Gasteiger partial charge in [-0.3, -0.25) is 4.72 Å². The summed E-state index contributed by atoms with van der Waals surface area (Å²) >= 11 is 0. The van der Waals surface area contributed by atoms with Crippen LogP contribution in [0.2, 0.25) is 0 Å². The van der Waals surface area contributed by atoms with Crippen LogP contribution in [0, 0.1) is 11.3 Å². The Hall–Kier alpha value is -3.57. The van der Waals surface area contributed by atoms with E-state index in [-0.39, 0.29) is 6.61 Å². The lowest BCUT2D eigenvalue weighted by Gasteiger charge is -2.12. The van der Waals surface area contributed by atoms with Crippen LogP contribution in [0.25, 0.3) is 22.3 Å². The van der Waals surface area contributed by atoms with Crippen molar-refractivity contribution in [2.24, 2.45) is 7.05 Å². The SMILES string of the molecule is CC.CC.CCOC(=O)c1c(-c2ccc(-c3ccccc3NS(C)(=O)=O)cc2)c(C#N)cn1C. The van der Waals surface area contributed by atoms with E-state index in [4.69, 9.17) is 4.74 Å². The fraction of sp³-hybridized carbons (Fsp3) is 0.308. The van der Waals surface area contributed by atoms with E-state index in [2.05, 4.69) is 10.8 Å².